The first-order chi connectivity index (χ1) is 14.4. The molecule has 0 radical (unpaired) electrons. The summed E-state index contributed by atoms with van der Waals surface area (Å²) in [6.45, 7) is 0. The molecule has 30 heavy (non-hydrogen) atoms. The van der Waals surface area contributed by atoms with E-state index >= 15 is 0 Å². The highest BCUT2D eigenvalue weighted by atomic mass is 35.5. The van der Waals surface area contributed by atoms with Gasteiger partial charge in [0.05, 0.1) is 4.90 Å². The molecule has 0 saturated carbocycles. The molecule has 0 atom stereocenters. The van der Waals surface area contributed by atoms with Gasteiger partial charge in [0.1, 0.15) is 0 Å². The van der Waals surface area contributed by atoms with Gasteiger partial charge in [0.25, 0.3) is 15.9 Å². The third-order valence-electron chi connectivity index (χ3n) is 3.92. The molecule has 0 fully saturated rings. The number of nitrogens with zero attached hydrogens (tertiary/aromatic N) is 1. The third kappa shape index (κ3) is 6.04. The topological polar surface area (TPSA) is 87.6 Å². The highest BCUT2D eigenvalue weighted by Crippen LogP contribution is 2.19. The largest absolute Gasteiger partial charge is 0.280 e. The van der Waals surface area contributed by atoms with Crippen LogP contribution in [0.25, 0.3) is 6.08 Å². The summed E-state index contributed by atoms with van der Waals surface area (Å²) in [7, 11) is -3.86. The van der Waals surface area contributed by atoms with Crippen molar-refractivity contribution in [2.75, 3.05) is 4.72 Å². The molecule has 0 aliphatic carbocycles. The number of carbonyl (C=O) groups excluding carboxylic acids is 1. The Morgan fingerprint density at radius 2 is 1.67 bits per heavy atom. The van der Waals surface area contributed by atoms with Crippen LogP contribution in [0, 0.1) is 0 Å². The first-order valence-corrected chi connectivity index (χ1v) is 10.7. The number of amides is 1. The summed E-state index contributed by atoms with van der Waals surface area (Å²) in [5, 5.41) is 4.34. The molecule has 0 bridgehead atoms. The molecule has 0 aliphatic rings. The number of allylic oxidation sites excluding steroid dienone is 1. The van der Waals surface area contributed by atoms with Gasteiger partial charge >= 0.3 is 0 Å². The molecule has 6 nitrogen and oxygen atoms in total. The average Bonchev–Trinajstić information content (AvgIpc) is 2.76. The van der Waals surface area contributed by atoms with Crippen molar-refractivity contribution in [3.63, 3.8) is 0 Å². The molecule has 152 valence electrons. The minimum absolute atomic E-state index is 0.0435. The summed E-state index contributed by atoms with van der Waals surface area (Å²) in [6, 6.07) is 21.6. The van der Waals surface area contributed by atoms with E-state index in [0.29, 0.717) is 10.7 Å². The molecular weight excluding hydrogens is 422 g/mol. The quantitative estimate of drug-likeness (QED) is 0.417. The highest BCUT2D eigenvalue weighted by Gasteiger charge is 2.16. The zero-order valence-corrected chi connectivity index (χ0v) is 17.3. The van der Waals surface area contributed by atoms with Crippen LogP contribution < -0.4 is 10.1 Å². The normalized spacial score (nSPS) is 11.6. The van der Waals surface area contributed by atoms with Crippen molar-refractivity contribution >= 4 is 45.5 Å². The SMILES string of the molecule is O=C(N/N=C/C=C/c1ccccc1)c1cccc(S(=O)(=O)Nc2ccc(Cl)cc2)c1. The summed E-state index contributed by atoms with van der Waals surface area (Å²) in [6.07, 6.45) is 4.96. The van der Waals surface area contributed by atoms with Gasteiger partial charge in [-0.25, -0.2) is 13.8 Å². The Kier molecular flexibility index (Phi) is 7.00. The number of benzene rings is 3. The minimum atomic E-state index is -3.86. The van der Waals surface area contributed by atoms with E-state index in [0.717, 1.165) is 5.56 Å². The number of sulfonamides is 1. The predicted octanol–water partition coefficient (Wildman–Crippen LogP) is 4.57. The van der Waals surface area contributed by atoms with E-state index in [-0.39, 0.29) is 10.5 Å². The van der Waals surface area contributed by atoms with E-state index < -0.39 is 15.9 Å². The van der Waals surface area contributed by atoms with Crippen LogP contribution in [0.5, 0.6) is 0 Å². The molecule has 0 spiro atoms. The monoisotopic (exact) mass is 439 g/mol. The van der Waals surface area contributed by atoms with Crippen LogP contribution in [0.1, 0.15) is 15.9 Å². The van der Waals surface area contributed by atoms with Crippen LogP contribution in [-0.2, 0) is 10.0 Å². The fourth-order valence-corrected chi connectivity index (χ4v) is 3.69. The molecule has 1 amide bonds. The Morgan fingerprint density at radius 3 is 2.40 bits per heavy atom. The van der Waals surface area contributed by atoms with Crippen molar-refractivity contribution in [3.8, 4) is 0 Å². The number of anilines is 1. The Bertz CT molecular complexity index is 1180. The number of rotatable bonds is 7. The number of hydrazone groups is 1. The van der Waals surface area contributed by atoms with Crippen molar-refractivity contribution in [2.24, 2.45) is 5.10 Å². The molecule has 0 unspecified atom stereocenters. The standard InChI is InChI=1S/C22H18ClN3O3S/c23-19-11-13-20(14-12-19)26-30(28,29)21-10-4-9-18(16-21)22(27)25-24-15-5-8-17-6-2-1-3-7-17/h1-16,26H,(H,25,27)/b8-5+,24-15+. The Morgan fingerprint density at radius 1 is 0.933 bits per heavy atom. The van der Waals surface area contributed by atoms with Gasteiger partial charge in [0.2, 0.25) is 0 Å². The van der Waals surface area contributed by atoms with E-state index in [9.17, 15) is 13.2 Å². The predicted molar refractivity (Wildman–Crippen MR) is 120 cm³/mol. The molecule has 2 N–H and O–H groups in total. The van der Waals surface area contributed by atoms with Gasteiger partial charge < -0.3 is 0 Å². The van der Waals surface area contributed by atoms with Crippen molar-refractivity contribution < 1.29 is 13.2 Å². The zero-order chi connectivity index (χ0) is 21.4. The summed E-state index contributed by atoms with van der Waals surface area (Å²) in [5.41, 5.74) is 3.90. The van der Waals surface area contributed by atoms with Gasteiger partial charge in [-0.2, -0.15) is 5.10 Å². The van der Waals surface area contributed by atoms with E-state index in [1.165, 1.54) is 30.5 Å². The lowest BCUT2D eigenvalue weighted by molar-refractivity contribution is 0.0955. The van der Waals surface area contributed by atoms with E-state index in [1.807, 2.05) is 36.4 Å². The summed E-state index contributed by atoms with van der Waals surface area (Å²) < 4.78 is 27.6. The molecule has 0 heterocycles. The molecule has 3 aromatic rings. The minimum Gasteiger partial charge on any atom is -0.280 e. The Labute approximate surface area is 180 Å². The second-order valence-electron chi connectivity index (χ2n) is 6.13. The number of hydrogen-bond donors (Lipinski definition) is 2. The second kappa shape index (κ2) is 9.87. The van der Waals surface area contributed by atoms with Crippen molar-refractivity contribution in [1.82, 2.24) is 5.43 Å². The van der Waals surface area contributed by atoms with Gasteiger partial charge in [0.15, 0.2) is 0 Å². The molecule has 3 rings (SSSR count). The summed E-state index contributed by atoms with van der Waals surface area (Å²) in [5.74, 6) is -0.525. The lowest BCUT2D eigenvalue weighted by Gasteiger charge is -2.09. The number of halogens is 1. The lowest BCUT2D eigenvalue weighted by Crippen LogP contribution is -2.19. The van der Waals surface area contributed by atoms with Crippen LogP contribution in [-0.4, -0.2) is 20.5 Å². The lowest BCUT2D eigenvalue weighted by atomic mass is 10.2. The second-order valence-corrected chi connectivity index (χ2v) is 8.25. The van der Waals surface area contributed by atoms with Crippen LogP contribution >= 0.6 is 11.6 Å². The molecule has 8 heteroatoms. The zero-order valence-electron chi connectivity index (χ0n) is 15.7. The number of hydrogen-bond acceptors (Lipinski definition) is 4. The Balaban J connectivity index is 1.65. The van der Waals surface area contributed by atoms with Gasteiger partial charge in [-0.1, -0.05) is 54.1 Å². The van der Waals surface area contributed by atoms with E-state index in [2.05, 4.69) is 15.2 Å². The van der Waals surface area contributed by atoms with Crippen LogP contribution in [0.4, 0.5) is 5.69 Å². The maximum absolute atomic E-state index is 12.6. The fourth-order valence-electron chi connectivity index (χ4n) is 2.46. The highest BCUT2D eigenvalue weighted by molar-refractivity contribution is 7.92. The van der Waals surface area contributed by atoms with Crippen LogP contribution in [0.2, 0.25) is 5.02 Å². The van der Waals surface area contributed by atoms with Gasteiger partial charge in [-0.15, -0.1) is 0 Å². The first kappa shape index (κ1) is 21.3. The van der Waals surface area contributed by atoms with E-state index in [4.69, 9.17) is 11.6 Å². The third-order valence-corrected chi connectivity index (χ3v) is 5.55. The van der Waals surface area contributed by atoms with Crippen LogP contribution in [0.15, 0.2) is 94.9 Å². The Hall–Kier alpha value is -3.42. The maximum atomic E-state index is 12.6. The molecule has 3 aromatic carbocycles. The smallest absolute Gasteiger partial charge is 0.271 e. The maximum Gasteiger partial charge on any atom is 0.271 e. The van der Waals surface area contributed by atoms with Gasteiger partial charge in [-0.05, 0) is 54.1 Å². The van der Waals surface area contributed by atoms with Gasteiger partial charge in [-0.3, -0.25) is 9.52 Å². The van der Waals surface area contributed by atoms with Gasteiger partial charge in [0, 0.05) is 22.5 Å². The molecular formula is C22H18ClN3O3S. The average molecular weight is 440 g/mol. The summed E-state index contributed by atoms with van der Waals surface area (Å²) >= 11 is 5.81. The fraction of sp³-hybridized carbons (Fsp3) is 0. The van der Waals surface area contributed by atoms with E-state index in [1.54, 1.807) is 30.3 Å². The molecule has 0 aliphatic heterocycles. The van der Waals surface area contributed by atoms with Crippen molar-refractivity contribution in [2.45, 2.75) is 4.90 Å². The number of nitrogens with one attached hydrogen (secondary N) is 2. The van der Waals surface area contributed by atoms with Crippen molar-refractivity contribution in [3.05, 3.63) is 101 Å². The molecule has 0 saturated heterocycles. The molecule has 0 aromatic heterocycles. The van der Waals surface area contributed by atoms with Crippen LogP contribution in [0.3, 0.4) is 0 Å². The first-order valence-electron chi connectivity index (χ1n) is 8.88. The number of carbonyl (C=O) groups is 1. The van der Waals surface area contributed by atoms with Crippen molar-refractivity contribution in [1.29, 1.82) is 0 Å². The summed E-state index contributed by atoms with van der Waals surface area (Å²) in [4.78, 5) is 12.2.